The topological polar surface area (TPSA) is 98.3 Å². The van der Waals surface area contributed by atoms with Crippen molar-refractivity contribution in [2.45, 2.75) is 6.18 Å². The van der Waals surface area contributed by atoms with Crippen molar-refractivity contribution in [1.82, 2.24) is 9.55 Å². The smallest absolute Gasteiger partial charge is 0.418 e. The van der Waals surface area contributed by atoms with Gasteiger partial charge in [0.2, 0.25) is 0 Å². The lowest BCUT2D eigenvalue weighted by molar-refractivity contribution is -0.385. The van der Waals surface area contributed by atoms with Gasteiger partial charge >= 0.3 is 12.1 Å². The van der Waals surface area contributed by atoms with E-state index < -0.39 is 28.2 Å². The molecule has 0 unspecified atom stereocenters. The van der Waals surface area contributed by atoms with Crippen LogP contribution in [0.5, 0.6) is 0 Å². The van der Waals surface area contributed by atoms with Gasteiger partial charge in [-0.1, -0.05) is 0 Å². The lowest BCUT2D eigenvalue weighted by Gasteiger charge is -2.04. The SMILES string of the molecule is O=C(O)c1cn(-c2ccc([N+](=O)[O-])cn2)cc1C(F)(F)F. The second-order valence-electron chi connectivity index (χ2n) is 3.93. The number of carboxylic acid groups (broad SMARTS) is 1. The fourth-order valence-electron chi connectivity index (χ4n) is 1.62. The van der Waals surface area contributed by atoms with E-state index in [0.29, 0.717) is 6.20 Å². The molecule has 1 N–H and O–H groups in total. The van der Waals surface area contributed by atoms with Crippen molar-refractivity contribution < 1.29 is 28.0 Å². The first kappa shape index (κ1) is 14.5. The number of nitrogens with zero attached hydrogens (tertiary/aromatic N) is 3. The number of pyridine rings is 1. The Hall–Kier alpha value is -2.91. The Balaban J connectivity index is 2.50. The molecule has 0 aliphatic heterocycles. The number of hydrogen-bond acceptors (Lipinski definition) is 4. The molecule has 0 radical (unpaired) electrons. The maximum atomic E-state index is 12.7. The summed E-state index contributed by atoms with van der Waals surface area (Å²) in [6.07, 6.45) is -2.65. The van der Waals surface area contributed by atoms with Gasteiger partial charge in [-0.3, -0.25) is 10.1 Å². The summed E-state index contributed by atoms with van der Waals surface area (Å²) in [5, 5.41) is 19.2. The van der Waals surface area contributed by atoms with Crippen molar-refractivity contribution >= 4 is 11.7 Å². The standard InChI is InChI=1S/C11H6F3N3O4/c12-11(13,14)8-5-16(4-7(8)10(18)19)9-2-1-6(3-15-9)17(20)21/h1-5H,(H,18,19). The van der Waals surface area contributed by atoms with Gasteiger partial charge < -0.3 is 9.67 Å². The highest BCUT2D eigenvalue weighted by Crippen LogP contribution is 2.33. The van der Waals surface area contributed by atoms with Crippen LogP contribution >= 0.6 is 0 Å². The van der Waals surface area contributed by atoms with Crippen molar-refractivity contribution in [3.05, 3.63) is 52.0 Å². The van der Waals surface area contributed by atoms with Gasteiger partial charge in [0.25, 0.3) is 5.69 Å². The van der Waals surface area contributed by atoms with Gasteiger partial charge in [0, 0.05) is 18.5 Å². The fraction of sp³-hybridized carbons (Fsp3) is 0.0909. The van der Waals surface area contributed by atoms with Crippen LogP contribution in [0.25, 0.3) is 5.82 Å². The number of aromatic nitrogens is 2. The lowest BCUT2D eigenvalue weighted by Crippen LogP contribution is -2.09. The molecule has 0 amide bonds. The fourth-order valence-corrected chi connectivity index (χ4v) is 1.62. The molecule has 0 aromatic carbocycles. The number of hydrogen-bond donors (Lipinski definition) is 1. The summed E-state index contributed by atoms with van der Waals surface area (Å²) in [4.78, 5) is 24.2. The summed E-state index contributed by atoms with van der Waals surface area (Å²) >= 11 is 0. The van der Waals surface area contributed by atoms with Crippen molar-refractivity contribution in [3.63, 3.8) is 0 Å². The average molecular weight is 301 g/mol. The van der Waals surface area contributed by atoms with Crippen molar-refractivity contribution in [3.8, 4) is 5.82 Å². The number of halogens is 3. The second kappa shape index (κ2) is 4.89. The van der Waals surface area contributed by atoms with Crippen LogP contribution in [0.2, 0.25) is 0 Å². The molecule has 0 saturated heterocycles. The van der Waals surface area contributed by atoms with Gasteiger partial charge in [0.1, 0.15) is 12.0 Å². The summed E-state index contributed by atoms with van der Waals surface area (Å²) in [5.41, 5.74) is -2.58. The maximum Gasteiger partial charge on any atom is 0.418 e. The number of rotatable bonds is 3. The summed E-state index contributed by atoms with van der Waals surface area (Å²) in [7, 11) is 0. The zero-order valence-corrected chi connectivity index (χ0v) is 10.0. The van der Waals surface area contributed by atoms with E-state index in [-0.39, 0.29) is 11.5 Å². The maximum absolute atomic E-state index is 12.7. The molecular weight excluding hydrogens is 295 g/mol. The van der Waals surface area contributed by atoms with Crippen LogP contribution in [-0.4, -0.2) is 25.6 Å². The van der Waals surface area contributed by atoms with Crippen LogP contribution in [0.3, 0.4) is 0 Å². The molecule has 0 fully saturated rings. The van der Waals surface area contributed by atoms with Gasteiger partial charge in [-0.25, -0.2) is 9.78 Å². The minimum absolute atomic E-state index is 0.0707. The molecule has 110 valence electrons. The van der Waals surface area contributed by atoms with E-state index in [9.17, 15) is 28.1 Å². The summed E-state index contributed by atoms with van der Waals surface area (Å²) in [5.74, 6) is -1.80. The molecule has 0 aliphatic rings. The molecule has 21 heavy (non-hydrogen) atoms. The predicted octanol–water partition coefficient (Wildman–Crippen LogP) is 2.50. The van der Waals surface area contributed by atoms with Crippen molar-refractivity contribution in [2.24, 2.45) is 0 Å². The monoisotopic (exact) mass is 301 g/mol. The predicted molar refractivity (Wildman–Crippen MR) is 62.2 cm³/mol. The zero-order chi connectivity index (χ0) is 15.8. The van der Waals surface area contributed by atoms with E-state index in [1.807, 2.05) is 0 Å². The van der Waals surface area contributed by atoms with E-state index in [0.717, 1.165) is 29.1 Å². The molecule has 2 rings (SSSR count). The Morgan fingerprint density at radius 3 is 2.38 bits per heavy atom. The molecule has 2 aromatic rings. The highest BCUT2D eigenvalue weighted by atomic mass is 19.4. The number of aromatic carboxylic acids is 1. The molecule has 0 aliphatic carbocycles. The minimum atomic E-state index is -4.83. The van der Waals surface area contributed by atoms with Gasteiger partial charge in [-0.05, 0) is 6.07 Å². The van der Waals surface area contributed by atoms with Crippen LogP contribution in [0.1, 0.15) is 15.9 Å². The van der Waals surface area contributed by atoms with E-state index >= 15 is 0 Å². The minimum Gasteiger partial charge on any atom is -0.478 e. The number of carbonyl (C=O) groups is 1. The number of nitro groups is 1. The molecule has 10 heteroatoms. The summed E-state index contributed by atoms with van der Waals surface area (Å²) in [6, 6.07) is 2.17. The van der Waals surface area contributed by atoms with Gasteiger partial charge in [-0.2, -0.15) is 13.2 Å². The quantitative estimate of drug-likeness (QED) is 0.693. The Labute approximate surface area is 114 Å². The lowest BCUT2D eigenvalue weighted by atomic mass is 10.2. The van der Waals surface area contributed by atoms with E-state index in [2.05, 4.69) is 4.98 Å². The van der Waals surface area contributed by atoms with Crippen LogP contribution in [0, 0.1) is 10.1 Å². The van der Waals surface area contributed by atoms with Gasteiger partial charge in [0.15, 0.2) is 0 Å². The van der Waals surface area contributed by atoms with Crippen LogP contribution in [-0.2, 0) is 6.18 Å². The molecule has 0 bridgehead atoms. The Morgan fingerprint density at radius 2 is 2.00 bits per heavy atom. The van der Waals surface area contributed by atoms with E-state index in [4.69, 9.17) is 5.11 Å². The van der Waals surface area contributed by atoms with Crippen LogP contribution < -0.4 is 0 Å². The molecule has 0 atom stereocenters. The highest BCUT2D eigenvalue weighted by Gasteiger charge is 2.37. The molecular formula is C11H6F3N3O4. The first-order chi connectivity index (χ1) is 9.70. The molecule has 2 heterocycles. The highest BCUT2D eigenvalue weighted by molar-refractivity contribution is 5.89. The third-order valence-corrected chi connectivity index (χ3v) is 2.57. The molecule has 2 aromatic heterocycles. The number of carboxylic acids is 1. The summed E-state index contributed by atoms with van der Waals surface area (Å²) in [6.45, 7) is 0. The first-order valence-electron chi connectivity index (χ1n) is 5.33. The average Bonchev–Trinajstić information content (AvgIpc) is 2.84. The zero-order valence-electron chi connectivity index (χ0n) is 10.0. The van der Waals surface area contributed by atoms with Crippen LogP contribution in [0.15, 0.2) is 30.7 Å². The largest absolute Gasteiger partial charge is 0.478 e. The van der Waals surface area contributed by atoms with E-state index in [1.165, 1.54) is 0 Å². The second-order valence-corrected chi connectivity index (χ2v) is 3.93. The van der Waals surface area contributed by atoms with Crippen molar-refractivity contribution in [1.29, 1.82) is 0 Å². The normalized spacial score (nSPS) is 11.4. The molecule has 0 saturated carbocycles. The first-order valence-corrected chi connectivity index (χ1v) is 5.33. The third-order valence-electron chi connectivity index (χ3n) is 2.57. The summed E-state index contributed by atoms with van der Waals surface area (Å²) < 4.78 is 39.0. The Morgan fingerprint density at radius 1 is 1.33 bits per heavy atom. The van der Waals surface area contributed by atoms with Crippen LogP contribution in [0.4, 0.5) is 18.9 Å². The molecule has 0 spiro atoms. The third kappa shape index (κ3) is 2.83. The Kier molecular flexibility index (Phi) is 3.37. The van der Waals surface area contributed by atoms with Gasteiger partial charge in [-0.15, -0.1) is 0 Å². The molecule has 7 nitrogen and oxygen atoms in total. The Bertz CT molecular complexity index is 706. The number of alkyl halides is 3. The van der Waals surface area contributed by atoms with Crippen molar-refractivity contribution in [2.75, 3.05) is 0 Å². The van der Waals surface area contributed by atoms with E-state index in [1.54, 1.807) is 0 Å². The van der Waals surface area contributed by atoms with Gasteiger partial charge in [0.05, 0.1) is 16.1 Å².